The van der Waals surface area contributed by atoms with Crippen LogP contribution in [0, 0.1) is 0 Å². The molecule has 0 N–H and O–H groups in total. The van der Waals surface area contributed by atoms with Gasteiger partial charge in [0, 0.05) is 42.5 Å². The van der Waals surface area contributed by atoms with Crippen molar-refractivity contribution < 1.29 is 0 Å². The quantitative estimate of drug-likeness (QED) is 0.100. The van der Waals surface area contributed by atoms with Gasteiger partial charge in [-0.15, -0.1) is 0 Å². The lowest BCUT2D eigenvalue weighted by molar-refractivity contribution is 1.19. The van der Waals surface area contributed by atoms with Crippen molar-refractivity contribution in [2.24, 2.45) is 0 Å². The van der Waals surface area contributed by atoms with Gasteiger partial charge >= 0.3 is 0 Å². The molecule has 20 rings (SSSR count). The maximum absolute atomic E-state index is 3.65. The largest absolute Gasteiger partial charge is 0.310 e. The standard InChI is InChI=1S/C64H44N2.C25H20.C16H8Br2/c1-7-19-45(20-8-1)51-39-52(46-21-9-2-10-22-46)42-57(41-51)65(55-27-15-5-16-28-55)61-37-33-49-32-36-60-62(38-34-50-31-35-59(61)63(49)64(50)60)66(56-29-17-6-18-30-56)58-43-53(47-23-11-3-12-24-47)40-54(44-58)48-25-13-4-14-26-48;1-4-10-20(11-5-1)16-21-17-24(22-12-6-2-7-13-22)19-25(18-21)23-14-8-3-9-15-23;17-13-8-4-10-2-6-12-14(18)7-3-9-1-5-11(13)16(10)15(9)12/h1-44H;1-15,17-19H,16H2;1-8H. The number of rotatable bonds is 14. The lowest BCUT2D eigenvalue weighted by Gasteiger charge is -2.30. The van der Waals surface area contributed by atoms with Crippen LogP contribution in [-0.4, -0.2) is 0 Å². The van der Waals surface area contributed by atoms with Crippen LogP contribution in [0.3, 0.4) is 0 Å². The molecular formula is C105H72Br2N2. The Balaban J connectivity index is 0.000000156. The molecule has 0 amide bonds. The van der Waals surface area contributed by atoms with E-state index in [1.54, 1.807) is 0 Å². The van der Waals surface area contributed by atoms with Gasteiger partial charge in [-0.25, -0.2) is 0 Å². The molecule has 20 aromatic carbocycles. The highest BCUT2D eigenvalue weighted by atomic mass is 79.9. The summed E-state index contributed by atoms with van der Waals surface area (Å²) in [5.41, 5.74) is 23.8. The van der Waals surface area contributed by atoms with E-state index in [9.17, 15) is 0 Å². The lowest BCUT2D eigenvalue weighted by atomic mass is 9.91. The van der Waals surface area contributed by atoms with E-state index in [0.717, 1.165) is 49.5 Å². The molecule has 0 saturated carbocycles. The molecule has 0 saturated heterocycles. The SMILES string of the molecule is Brc1ccc2ccc3c(Br)ccc4ccc1c2c43.c1ccc(-c2cc(-c3ccccc3)cc(N(c3ccccc3)c3ccc4ccc5c(N(c6ccccc6)c6cc(-c7ccccc7)cc(-c7ccccc7)c6)ccc6ccc3c4c65)c2)cc1.c1ccc(Cc2cc(-c3ccccc3)cc(-c3ccccc3)c2)cc1. The van der Waals surface area contributed by atoms with E-state index in [2.05, 4.69) is 466 Å². The van der Waals surface area contributed by atoms with Crippen LogP contribution in [0.5, 0.6) is 0 Å². The molecule has 0 aliphatic carbocycles. The Kier molecular flexibility index (Phi) is 19.0. The number of para-hydroxylation sites is 2. The summed E-state index contributed by atoms with van der Waals surface area (Å²) >= 11 is 7.30. The topological polar surface area (TPSA) is 6.48 Å². The number of hydrogen-bond donors (Lipinski definition) is 0. The second-order valence-electron chi connectivity index (χ2n) is 27.8. The maximum atomic E-state index is 3.65. The molecule has 0 aromatic heterocycles. The summed E-state index contributed by atoms with van der Waals surface area (Å²) in [5.74, 6) is 0. The van der Waals surface area contributed by atoms with Crippen molar-refractivity contribution in [2.75, 3.05) is 9.80 Å². The third-order valence-corrected chi connectivity index (χ3v) is 22.3. The zero-order valence-electron chi connectivity index (χ0n) is 59.8. The van der Waals surface area contributed by atoms with Crippen molar-refractivity contribution in [3.05, 3.63) is 445 Å². The van der Waals surface area contributed by atoms with Gasteiger partial charge in [-0.1, -0.05) is 366 Å². The van der Waals surface area contributed by atoms with Crippen LogP contribution >= 0.6 is 31.9 Å². The Morgan fingerprint density at radius 3 is 0.716 bits per heavy atom. The molecule has 0 unspecified atom stereocenters. The molecule has 20 aromatic rings. The molecule has 0 fully saturated rings. The molecule has 0 atom stereocenters. The maximum Gasteiger partial charge on any atom is 0.0540 e. The van der Waals surface area contributed by atoms with Gasteiger partial charge in [0.1, 0.15) is 0 Å². The van der Waals surface area contributed by atoms with Gasteiger partial charge in [-0.05, 0) is 229 Å². The van der Waals surface area contributed by atoms with Gasteiger partial charge in [0.2, 0.25) is 0 Å². The minimum Gasteiger partial charge on any atom is -0.310 e. The summed E-state index contributed by atoms with van der Waals surface area (Å²) in [6.45, 7) is 0. The third kappa shape index (κ3) is 13.9. The highest BCUT2D eigenvalue weighted by molar-refractivity contribution is 9.11. The summed E-state index contributed by atoms with van der Waals surface area (Å²) in [5, 5.41) is 15.2. The molecule has 0 spiro atoms. The average molecular weight is 1520 g/mol. The van der Waals surface area contributed by atoms with E-state index >= 15 is 0 Å². The highest BCUT2D eigenvalue weighted by Crippen LogP contribution is 2.50. The summed E-state index contributed by atoms with van der Waals surface area (Å²) in [6, 6.07) is 153. The molecule has 4 heteroatoms. The Labute approximate surface area is 653 Å². The van der Waals surface area contributed by atoms with Crippen LogP contribution in [0.2, 0.25) is 0 Å². The smallest absolute Gasteiger partial charge is 0.0540 e. The monoisotopic (exact) mass is 1520 g/mol. The fraction of sp³-hybridized carbons (Fsp3) is 0.00952. The van der Waals surface area contributed by atoms with Gasteiger partial charge in [-0.2, -0.15) is 0 Å². The Morgan fingerprint density at radius 2 is 0.413 bits per heavy atom. The number of anilines is 6. The number of hydrogen-bond acceptors (Lipinski definition) is 2. The van der Waals surface area contributed by atoms with Gasteiger partial charge in [0.05, 0.1) is 11.4 Å². The second-order valence-corrected chi connectivity index (χ2v) is 29.5. The summed E-state index contributed by atoms with van der Waals surface area (Å²) in [7, 11) is 0. The molecule has 2 nitrogen and oxygen atoms in total. The van der Waals surface area contributed by atoms with E-state index in [1.165, 1.54) is 143 Å². The van der Waals surface area contributed by atoms with Crippen molar-refractivity contribution in [2.45, 2.75) is 6.42 Å². The summed E-state index contributed by atoms with van der Waals surface area (Å²) in [4.78, 5) is 4.89. The first-order chi connectivity index (χ1) is 53.9. The van der Waals surface area contributed by atoms with Crippen LogP contribution in [0.25, 0.3) is 131 Å². The first kappa shape index (κ1) is 67.9. The van der Waals surface area contributed by atoms with E-state index in [-0.39, 0.29) is 0 Å². The van der Waals surface area contributed by atoms with Gasteiger partial charge in [0.15, 0.2) is 0 Å². The van der Waals surface area contributed by atoms with Crippen LogP contribution in [0.15, 0.2) is 434 Å². The Bertz CT molecular complexity index is 6050. The lowest BCUT2D eigenvalue weighted by Crippen LogP contribution is -2.12. The number of halogens is 2. The van der Waals surface area contributed by atoms with Crippen molar-refractivity contribution in [1.29, 1.82) is 0 Å². The average Bonchev–Trinajstić information content (AvgIpc) is 0.724. The van der Waals surface area contributed by atoms with Gasteiger partial charge in [0.25, 0.3) is 0 Å². The van der Waals surface area contributed by atoms with Gasteiger partial charge in [-0.3, -0.25) is 0 Å². The van der Waals surface area contributed by atoms with Crippen LogP contribution < -0.4 is 9.80 Å². The molecular weight excluding hydrogens is 1450 g/mol. The normalized spacial score (nSPS) is 11.2. The Morgan fingerprint density at radius 1 is 0.174 bits per heavy atom. The minimum absolute atomic E-state index is 0.946. The van der Waals surface area contributed by atoms with Crippen molar-refractivity contribution in [1.82, 2.24) is 0 Å². The highest BCUT2D eigenvalue weighted by Gasteiger charge is 2.24. The van der Waals surface area contributed by atoms with E-state index in [0.29, 0.717) is 0 Å². The second kappa shape index (κ2) is 30.5. The van der Waals surface area contributed by atoms with Crippen LogP contribution in [0.1, 0.15) is 11.1 Å². The summed E-state index contributed by atoms with van der Waals surface area (Å²) in [6.07, 6.45) is 0.946. The van der Waals surface area contributed by atoms with Crippen molar-refractivity contribution in [3.63, 3.8) is 0 Å². The molecule has 516 valence electrons. The summed E-state index contributed by atoms with van der Waals surface area (Å²) < 4.78 is 2.31. The predicted octanol–water partition coefficient (Wildman–Crippen LogP) is 30.9. The fourth-order valence-electron chi connectivity index (χ4n) is 15.8. The van der Waals surface area contributed by atoms with Crippen LogP contribution in [-0.2, 0) is 6.42 Å². The molecule has 0 radical (unpaired) electrons. The molecule has 0 aliphatic heterocycles. The zero-order valence-corrected chi connectivity index (χ0v) is 62.9. The van der Waals surface area contributed by atoms with Crippen molar-refractivity contribution >= 4 is 131 Å². The van der Waals surface area contributed by atoms with E-state index in [4.69, 9.17) is 0 Å². The molecule has 0 heterocycles. The first-order valence-electron chi connectivity index (χ1n) is 37.1. The fourth-order valence-corrected chi connectivity index (χ4v) is 16.7. The molecule has 0 bridgehead atoms. The predicted molar refractivity (Wildman–Crippen MR) is 473 cm³/mol. The molecule has 109 heavy (non-hydrogen) atoms. The van der Waals surface area contributed by atoms with Crippen LogP contribution in [0.4, 0.5) is 34.1 Å². The number of nitrogens with zero attached hydrogens (tertiary/aromatic N) is 2. The van der Waals surface area contributed by atoms with E-state index in [1.807, 2.05) is 0 Å². The Hall–Kier alpha value is -13.0. The first-order valence-corrected chi connectivity index (χ1v) is 38.7. The van der Waals surface area contributed by atoms with Gasteiger partial charge < -0.3 is 9.80 Å². The number of benzene rings is 20. The minimum atomic E-state index is 0.946. The third-order valence-electron chi connectivity index (χ3n) is 20.9. The zero-order chi connectivity index (χ0) is 73.0. The van der Waals surface area contributed by atoms with E-state index < -0.39 is 0 Å². The van der Waals surface area contributed by atoms with Crippen molar-refractivity contribution in [3.8, 4) is 66.8 Å². The molecule has 0 aliphatic rings.